The van der Waals surface area contributed by atoms with Crippen molar-refractivity contribution in [1.29, 1.82) is 0 Å². The number of nitrogens with two attached hydrogens (primary N) is 2. The van der Waals surface area contributed by atoms with E-state index in [9.17, 15) is 4.79 Å². The molecule has 0 atom stereocenters. The van der Waals surface area contributed by atoms with Crippen LogP contribution in [0.5, 0.6) is 0 Å². The molecule has 4 N–H and O–H groups in total. The van der Waals surface area contributed by atoms with Gasteiger partial charge in [-0.25, -0.2) is 4.98 Å². The highest BCUT2D eigenvalue weighted by Gasteiger charge is 2.00. The molecule has 2 aromatic rings. The van der Waals surface area contributed by atoms with Gasteiger partial charge in [0.15, 0.2) is 5.13 Å². The summed E-state index contributed by atoms with van der Waals surface area (Å²) in [5.41, 5.74) is 12.0. The van der Waals surface area contributed by atoms with Crippen LogP contribution in [0.1, 0.15) is 5.56 Å². The standard InChI is InChI=1S/C10H7N3OS/c11-9(14)4-2-6-1-3-8-7(5-6)13-10(12)15-8/h1,3,5H,(H2,11,14)(H2,12,13). The Morgan fingerprint density at radius 1 is 1.47 bits per heavy atom. The molecule has 15 heavy (non-hydrogen) atoms. The number of nitrogens with zero attached hydrogens (tertiary/aromatic N) is 1. The third kappa shape index (κ3) is 2.06. The minimum Gasteiger partial charge on any atom is -0.375 e. The van der Waals surface area contributed by atoms with Crippen molar-refractivity contribution in [2.24, 2.45) is 5.73 Å². The van der Waals surface area contributed by atoms with Crippen LogP contribution in [0.15, 0.2) is 18.2 Å². The molecule has 0 saturated heterocycles. The summed E-state index contributed by atoms with van der Waals surface area (Å²) in [6, 6.07) is 5.45. The maximum absolute atomic E-state index is 10.5. The summed E-state index contributed by atoms with van der Waals surface area (Å²) in [7, 11) is 0. The number of anilines is 1. The molecule has 0 aliphatic carbocycles. The highest BCUT2D eigenvalue weighted by molar-refractivity contribution is 7.22. The zero-order valence-corrected chi connectivity index (χ0v) is 8.47. The lowest BCUT2D eigenvalue weighted by Crippen LogP contribution is -2.06. The second kappa shape index (κ2) is 3.59. The van der Waals surface area contributed by atoms with Gasteiger partial charge in [-0.05, 0) is 24.1 Å². The van der Waals surface area contributed by atoms with Gasteiger partial charge in [0.25, 0.3) is 5.91 Å². The van der Waals surface area contributed by atoms with Gasteiger partial charge in [0.05, 0.1) is 10.2 Å². The van der Waals surface area contributed by atoms with Crippen molar-refractivity contribution in [2.45, 2.75) is 0 Å². The van der Waals surface area contributed by atoms with E-state index in [0.717, 1.165) is 10.2 Å². The number of benzene rings is 1. The first kappa shape index (κ1) is 9.49. The van der Waals surface area contributed by atoms with E-state index in [1.807, 2.05) is 6.07 Å². The van der Waals surface area contributed by atoms with E-state index in [1.165, 1.54) is 11.3 Å². The van der Waals surface area contributed by atoms with Crippen molar-refractivity contribution < 1.29 is 4.79 Å². The molecule has 0 aliphatic heterocycles. The van der Waals surface area contributed by atoms with E-state index in [4.69, 9.17) is 11.5 Å². The largest absolute Gasteiger partial charge is 0.375 e. The molecule has 0 unspecified atom stereocenters. The molecule has 1 aromatic heterocycles. The number of aromatic nitrogens is 1. The van der Waals surface area contributed by atoms with Crippen molar-refractivity contribution in [3.8, 4) is 11.8 Å². The Bertz CT molecular complexity index is 591. The highest BCUT2D eigenvalue weighted by atomic mass is 32.1. The molecular formula is C10H7N3OS. The summed E-state index contributed by atoms with van der Waals surface area (Å²) < 4.78 is 0.997. The molecule has 1 amide bonds. The molecule has 0 aliphatic rings. The predicted octanol–water partition coefficient (Wildman–Crippen LogP) is 0.715. The van der Waals surface area contributed by atoms with Gasteiger partial charge >= 0.3 is 0 Å². The van der Waals surface area contributed by atoms with Gasteiger partial charge in [0, 0.05) is 5.56 Å². The highest BCUT2D eigenvalue weighted by Crippen LogP contribution is 2.23. The first-order chi connectivity index (χ1) is 7.15. The zero-order valence-electron chi connectivity index (χ0n) is 7.65. The number of carbonyl (C=O) groups excluding carboxylic acids is 1. The molecule has 0 saturated carbocycles. The second-order valence-electron chi connectivity index (χ2n) is 2.85. The lowest BCUT2D eigenvalue weighted by atomic mass is 10.2. The van der Waals surface area contributed by atoms with Gasteiger partial charge in [-0.3, -0.25) is 4.79 Å². The average molecular weight is 217 g/mol. The van der Waals surface area contributed by atoms with Crippen molar-refractivity contribution in [1.82, 2.24) is 4.98 Å². The van der Waals surface area contributed by atoms with E-state index in [1.54, 1.807) is 12.1 Å². The van der Waals surface area contributed by atoms with Crippen LogP contribution in [0.2, 0.25) is 0 Å². The molecule has 4 nitrogen and oxygen atoms in total. The van der Waals surface area contributed by atoms with Gasteiger partial charge in [-0.2, -0.15) is 0 Å². The quantitative estimate of drug-likeness (QED) is 0.638. The number of rotatable bonds is 0. The van der Waals surface area contributed by atoms with Crippen molar-refractivity contribution in [2.75, 3.05) is 5.73 Å². The van der Waals surface area contributed by atoms with Crippen LogP contribution in [0.4, 0.5) is 5.13 Å². The fraction of sp³-hybridized carbons (Fsp3) is 0. The first-order valence-electron chi connectivity index (χ1n) is 4.12. The van der Waals surface area contributed by atoms with Crippen LogP contribution in [0.25, 0.3) is 10.2 Å². The summed E-state index contributed by atoms with van der Waals surface area (Å²) in [6.07, 6.45) is 0. The van der Waals surface area contributed by atoms with Gasteiger partial charge < -0.3 is 11.5 Å². The van der Waals surface area contributed by atoms with Crippen LogP contribution in [-0.4, -0.2) is 10.9 Å². The van der Waals surface area contributed by atoms with E-state index in [0.29, 0.717) is 10.7 Å². The van der Waals surface area contributed by atoms with Crippen LogP contribution >= 0.6 is 11.3 Å². The number of amides is 1. The van der Waals surface area contributed by atoms with Gasteiger partial charge in [0.1, 0.15) is 0 Å². The Morgan fingerprint density at radius 3 is 3.00 bits per heavy atom. The topological polar surface area (TPSA) is 82.0 Å². The summed E-state index contributed by atoms with van der Waals surface area (Å²) in [6.45, 7) is 0. The van der Waals surface area contributed by atoms with Crippen molar-refractivity contribution in [3.63, 3.8) is 0 Å². The smallest absolute Gasteiger partial charge is 0.293 e. The number of hydrogen-bond donors (Lipinski definition) is 2. The number of fused-ring (bicyclic) bond motifs is 1. The fourth-order valence-electron chi connectivity index (χ4n) is 1.16. The molecule has 74 valence electrons. The monoisotopic (exact) mass is 217 g/mol. The molecule has 0 bridgehead atoms. The molecule has 0 radical (unpaired) electrons. The lowest BCUT2D eigenvalue weighted by molar-refractivity contribution is -0.112. The second-order valence-corrected chi connectivity index (χ2v) is 3.91. The van der Waals surface area contributed by atoms with Crippen LogP contribution in [0, 0.1) is 11.8 Å². The number of thiazole rings is 1. The normalized spacial score (nSPS) is 9.60. The minimum absolute atomic E-state index is 0.519. The van der Waals surface area contributed by atoms with E-state index in [2.05, 4.69) is 16.8 Å². The van der Waals surface area contributed by atoms with Gasteiger partial charge in [0.2, 0.25) is 0 Å². The van der Waals surface area contributed by atoms with E-state index >= 15 is 0 Å². The average Bonchev–Trinajstić information content (AvgIpc) is 2.53. The number of hydrogen-bond acceptors (Lipinski definition) is 4. The van der Waals surface area contributed by atoms with Crippen LogP contribution in [-0.2, 0) is 4.79 Å². The fourth-order valence-corrected chi connectivity index (χ4v) is 1.87. The molecule has 0 spiro atoms. The number of primary amides is 1. The minimum atomic E-state index is -0.645. The summed E-state index contributed by atoms with van der Waals surface area (Å²) in [5.74, 6) is 4.27. The lowest BCUT2D eigenvalue weighted by Gasteiger charge is -1.88. The first-order valence-corrected chi connectivity index (χ1v) is 4.94. The van der Waals surface area contributed by atoms with E-state index < -0.39 is 5.91 Å². The predicted molar refractivity (Wildman–Crippen MR) is 60.1 cm³/mol. The molecule has 1 aromatic carbocycles. The Labute approximate surface area is 89.9 Å². The van der Waals surface area contributed by atoms with Crippen molar-refractivity contribution >= 4 is 32.6 Å². The number of carbonyl (C=O) groups is 1. The molecule has 0 fully saturated rings. The van der Waals surface area contributed by atoms with Crippen molar-refractivity contribution in [3.05, 3.63) is 23.8 Å². The third-order valence-corrected chi connectivity index (χ3v) is 2.60. The molecule has 1 heterocycles. The Balaban J connectivity index is 2.48. The Morgan fingerprint density at radius 2 is 2.27 bits per heavy atom. The van der Waals surface area contributed by atoms with Crippen LogP contribution < -0.4 is 11.5 Å². The zero-order chi connectivity index (χ0) is 10.8. The summed E-state index contributed by atoms with van der Waals surface area (Å²) in [4.78, 5) is 14.6. The summed E-state index contributed by atoms with van der Waals surface area (Å²) >= 11 is 1.41. The summed E-state index contributed by atoms with van der Waals surface area (Å²) in [5, 5.41) is 0.519. The Kier molecular flexibility index (Phi) is 2.27. The molecule has 2 rings (SSSR count). The van der Waals surface area contributed by atoms with Crippen LogP contribution in [0.3, 0.4) is 0 Å². The van der Waals surface area contributed by atoms with Gasteiger partial charge in [-0.1, -0.05) is 17.3 Å². The maximum Gasteiger partial charge on any atom is 0.293 e. The Hall–Kier alpha value is -2.06. The van der Waals surface area contributed by atoms with E-state index in [-0.39, 0.29) is 0 Å². The SMILES string of the molecule is NC(=O)C#Cc1ccc2sc(N)nc2c1. The molecular weight excluding hydrogens is 210 g/mol. The number of nitrogen functional groups attached to an aromatic ring is 1. The van der Waals surface area contributed by atoms with Gasteiger partial charge in [-0.15, -0.1) is 0 Å². The third-order valence-electron chi connectivity index (χ3n) is 1.73. The maximum atomic E-state index is 10.5. The molecule has 5 heteroatoms.